The van der Waals surface area contributed by atoms with E-state index >= 15 is 0 Å². The van der Waals surface area contributed by atoms with Crippen molar-refractivity contribution in [1.82, 2.24) is 9.80 Å². The van der Waals surface area contributed by atoms with E-state index < -0.39 is 0 Å². The van der Waals surface area contributed by atoms with Crippen LogP contribution in [0, 0.1) is 17.8 Å². The maximum Gasteiger partial charge on any atom is 0.257 e. The highest BCUT2D eigenvalue weighted by Crippen LogP contribution is 2.32. The summed E-state index contributed by atoms with van der Waals surface area (Å²) in [6.07, 6.45) is 6.88. The molecule has 0 spiro atoms. The lowest BCUT2D eigenvalue weighted by atomic mass is 9.87. The number of hydrogen-bond donors (Lipinski definition) is 1. The quantitative estimate of drug-likeness (QED) is 0.678. The van der Waals surface area contributed by atoms with Crippen molar-refractivity contribution >= 4 is 23.4 Å². The molecule has 8 nitrogen and oxygen atoms in total. The first-order chi connectivity index (χ1) is 17.3. The molecule has 1 heterocycles. The molecule has 3 aliphatic rings. The fourth-order valence-electron chi connectivity index (χ4n) is 5.34. The number of ether oxygens (including phenoxy) is 2. The molecule has 0 saturated heterocycles. The zero-order chi connectivity index (χ0) is 25.8. The second-order valence-electron chi connectivity index (χ2n) is 10.9. The number of carbonyl (C=O) groups is 3. The molecule has 36 heavy (non-hydrogen) atoms. The molecule has 0 unspecified atom stereocenters. The number of nitrogens with zero attached hydrogens (tertiary/aromatic N) is 2. The van der Waals surface area contributed by atoms with Crippen LogP contribution >= 0.6 is 0 Å². The average Bonchev–Trinajstić information content (AvgIpc) is 3.74. The van der Waals surface area contributed by atoms with Gasteiger partial charge in [-0.15, -0.1) is 0 Å². The first-order valence-corrected chi connectivity index (χ1v) is 13.4. The van der Waals surface area contributed by atoms with Crippen LogP contribution in [0.4, 0.5) is 5.69 Å². The Bertz CT molecular complexity index is 957. The van der Waals surface area contributed by atoms with Crippen LogP contribution in [0.2, 0.25) is 0 Å². The number of anilines is 1. The number of likely N-dealkylation sites (N-methyl/N-ethyl adjacent to an activating group) is 1. The summed E-state index contributed by atoms with van der Waals surface area (Å²) in [6.45, 7) is 5.31. The molecule has 3 atom stereocenters. The maximum absolute atomic E-state index is 13.6. The highest BCUT2D eigenvalue weighted by Gasteiger charge is 2.34. The second kappa shape index (κ2) is 11.6. The van der Waals surface area contributed by atoms with Crippen LogP contribution in [0.15, 0.2) is 18.2 Å². The molecule has 2 fully saturated rings. The Balaban J connectivity index is 1.61. The van der Waals surface area contributed by atoms with Crippen molar-refractivity contribution in [3.8, 4) is 5.75 Å². The minimum Gasteiger partial charge on any atom is -0.491 e. The van der Waals surface area contributed by atoms with Crippen LogP contribution in [-0.4, -0.2) is 73.5 Å². The summed E-state index contributed by atoms with van der Waals surface area (Å²) in [5.74, 6) is 0.620. The topological polar surface area (TPSA) is 88.2 Å². The summed E-state index contributed by atoms with van der Waals surface area (Å²) in [4.78, 5) is 43.0. The van der Waals surface area contributed by atoms with E-state index in [9.17, 15) is 14.4 Å². The Labute approximate surface area is 214 Å². The van der Waals surface area contributed by atoms with Gasteiger partial charge in [-0.2, -0.15) is 0 Å². The van der Waals surface area contributed by atoms with Gasteiger partial charge in [-0.1, -0.05) is 26.2 Å². The Morgan fingerprint density at radius 3 is 2.42 bits per heavy atom. The van der Waals surface area contributed by atoms with Gasteiger partial charge in [0, 0.05) is 50.7 Å². The third-order valence-corrected chi connectivity index (χ3v) is 7.90. The van der Waals surface area contributed by atoms with Crippen LogP contribution in [0.5, 0.6) is 5.75 Å². The van der Waals surface area contributed by atoms with E-state index in [1.807, 2.05) is 11.8 Å². The first-order valence-electron chi connectivity index (χ1n) is 13.4. The Kier molecular flexibility index (Phi) is 8.54. The molecule has 4 rings (SSSR count). The number of benzene rings is 1. The van der Waals surface area contributed by atoms with Gasteiger partial charge in [0.05, 0.1) is 17.7 Å². The lowest BCUT2D eigenvalue weighted by Gasteiger charge is -2.38. The van der Waals surface area contributed by atoms with Crippen molar-refractivity contribution in [2.24, 2.45) is 17.8 Å². The fourth-order valence-corrected chi connectivity index (χ4v) is 5.34. The molecule has 1 aromatic rings. The van der Waals surface area contributed by atoms with Gasteiger partial charge in [0.15, 0.2) is 0 Å². The molecule has 8 heteroatoms. The molecule has 198 valence electrons. The Hall–Kier alpha value is -2.61. The highest BCUT2D eigenvalue weighted by molar-refractivity contribution is 6.00. The SMILES string of the molecule is CO[C@H]1CN(C)C(=O)c2cc(NC(=O)C3CC3)ccc2OC[C@@H](C)N(C(=O)C2CCCCC2)C[C@@H]1C. The predicted molar refractivity (Wildman–Crippen MR) is 138 cm³/mol. The predicted octanol–water partition coefficient (Wildman–Crippen LogP) is 3.95. The summed E-state index contributed by atoms with van der Waals surface area (Å²) >= 11 is 0. The summed E-state index contributed by atoms with van der Waals surface area (Å²) in [6, 6.07) is 5.05. The van der Waals surface area contributed by atoms with Crippen LogP contribution < -0.4 is 10.1 Å². The van der Waals surface area contributed by atoms with Crippen LogP contribution in [0.25, 0.3) is 0 Å². The number of hydrogen-bond acceptors (Lipinski definition) is 5. The van der Waals surface area contributed by atoms with Crippen molar-refractivity contribution in [2.75, 3.05) is 39.2 Å². The van der Waals surface area contributed by atoms with Gasteiger partial charge in [-0.3, -0.25) is 14.4 Å². The molecule has 3 amide bonds. The van der Waals surface area contributed by atoms with Gasteiger partial charge in [-0.05, 0) is 50.8 Å². The molecule has 0 aromatic heterocycles. The number of amides is 3. The number of fused-ring (bicyclic) bond motifs is 1. The van der Waals surface area contributed by atoms with Gasteiger partial charge in [-0.25, -0.2) is 0 Å². The van der Waals surface area contributed by atoms with Gasteiger partial charge in [0.25, 0.3) is 5.91 Å². The van der Waals surface area contributed by atoms with Gasteiger partial charge < -0.3 is 24.6 Å². The number of carbonyl (C=O) groups excluding carboxylic acids is 3. The van der Waals surface area contributed by atoms with Gasteiger partial charge >= 0.3 is 0 Å². The molecular formula is C28H41N3O5. The van der Waals surface area contributed by atoms with Crippen LogP contribution in [-0.2, 0) is 14.3 Å². The minimum absolute atomic E-state index is 0.0106. The minimum atomic E-state index is -0.227. The highest BCUT2D eigenvalue weighted by atomic mass is 16.5. The largest absolute Gasteiger partial charge is 0.491 e. The normalized spacial score (nSPS) is 26.3. The van der Waals surface area contributed by atoms with Crippen LogP contribution in [0.1, 0.15) is 69.2 Å². The number of methoxy groups -OCH3 is 1. The third kappa shape index (κ3) is 6.20. The molecule has 1 aromatic carbocycles. The molecule has 2 aliphatic carbocycles. The van der Waals surface area contributed by atoms with E-state index in [1.54, 1.807) is 37.3 Å². The second-order valence-corrected chi connectivity index (χ2v) is 10.9. The van der Waals surface area contributed by atoms with Crippen molar-refractivity contribution in [2.45, 2.75) is 70.9 Å². The van der Waals surface area contributed by atoms with Crippen LogP contribution in [0.3, 0.4) is 0 Å². The van der Waals surface area contributed by atoms with Crippen molar-refractivity contribution < 1.29 is 23.9 Å². The smallest absolute Gasteiger partial charge is 0.257 e. The summed E-state index contributed by atoms with van der Waals surface area (Å²) in [5, 5.41) is 2.93. The van der Waals surface area contributed by atoms with E-state index in [4.69, 9.17) is 9.47 Å². The van der Waals surface area contributed by atoms with E-state index in [2.05, 4.69) is 12.2 Å². The Morgan fingerprint density at radius 2 is 1.75 bits per heavy atom. The standard InChI is InChI=1S/C28H41N3O5/c1-18-15-31(27(33)21-8-6-5-7-9-21)19(2)17-36-24-13-12-22(29-26(32)20-10-11-20)14-23(24)28(34)30(3)16-25(18)35-4/h12-14,18-21,25H,5-11,15-17H2,1-4H3,(H,29,32)/t18-,19+,25-/m0/s1. The molecule has 0 radical (unpaired) electrons. The summed E-state index contributed by atoms with van der Waals surface area (Å²) in [5.41, 5.74) is 0.980. The lowest BCUT2D eigenvalue weighted by Crippen LogP contribution is -2.50. The summed E-state index contributed by atoms with van der Waals surface area (Å²) < 4.78 is 12.0. The molecular weight excluding hydrogens is 458 g/mol. The summed E-state index contributed by atoms with van der Waals surface area (Å²) in [7, 11) is 3.41. The number of nitrogens with one attached hydrogen (secondary N) is 1. The first kappa shape index (κ1) is 26.5. The zero-order valence-corrected chi connectivity index (χ0v) is 22.1. The van der Waals surface area contributed by atoms with E-state index in [1.165, 1.54) is 6.42 Å². The zero-order valence-electron chi connectivity index (χ0n) is 22.1. The van der Waals surface area contributed by atoms with Crippen molar-refractivity contribution in [3.63, 3.8) is 0 Å². The monoisotopic (exact) mass is 499 g/mol. The van der Waals surface area contributed by atoms with Crippen molar-refractivity contribution in [1.29, 1.82) is 0 Å². The lowest BCUT2D eigenvalue weighted by molar-refractivity contribution is -0.141. The Morgan fingerprint density at radius 1 is 1.03 bits per heavy atom. The third-order valence-electron chi connectivity index (χ3n) is 7.90. The van der Waals surface area contributed by atoms with E-state index in [0.29, 0.717) is 30.1 Å². The molecule has 2 saturated carbocycles. The molecule has 1 N–H and O–H groups in total. The molecule has 0 bridgehead atoms. The van der Waals surface area contributed by atoms with Gasteiger partial charge in [0.1, 0.15) is 12.4 Å². The van der Waals surface area contributed by atoms with Gasteiger partial charge in [0.2, 0.25) is 11.8 Å². The van der Waals surface area contributed by atoms with Crippen molar-refractivity contribution in [3.05, 3.63) is 23.8 Å². The van der Waals surface area contributed by atoms with E-state index in [0.717, 1.165) is 38.5 Å². The average molecular weight is 500 g/mol. The fraction of sp³-hybridized carbons (Fsp3) is 0.679. The molecule has 1 aliphatic heterocycles. The number of rotatable bonds is 4. The maximum atomic E-state index is 13.6. The van der Waals surface area contributed by atoms with E-state index in [-0.39, 0.29) is 54.2 Å².